The Morgan fingerprint density at radius 1 is 1.14 bits per heavy atom. The monoisotopic (exact) mass is 546 g/mol. The van der Waals surface area contributed by atoms with E-state index in [1.54, 1.807) is 6.92 Å². The third-order valence-corrected chi connectivity index (χ3v) is 9.92. The molecule has 0 spiro atoms. The van der Waals surface area contributed by atoms with Gasteiger partial charge < -0.3 is 20.8 Å². The van der Waals surface area contributed by atoms with Crippen LogP contribution in [0, 0.1) is 29.3 Å². The Labute approximate surface area is 211 Å². The van der Waals surface area contributed by atoms with Gasteiger partial charge in [-0.3, -0.25) is 4.79 Å². The SMILES string of the molecule is CC(CO)NC[C@]1(O)C2CC1C[C@@H](S(=O)(=O)c1cc(C(=O)Nc3cc(F)c(F)c(F)c3)ccc1Cl)C2. The van der Waals surface area contributed by atoms with Crippen LogP contribution in [-0.2, 0) is 9.84 Å². The minimum absolute atomic E-state index is 0.0848. The lowest BCUT2D eigenvalue weighted by Crippen LogP contribution is -2.66. The summed E-state index contributed by atoms with van der Waals surface area (Å²) < 4.78 is 67.1. The summed E-state index contributed by atoms with van der Waals surface area (Å²) in [6, 6.07) is 4.61. The molecule has 3 aliphatic carbocycles. The Morgan fingerprint density at radius 3 is 2.33 bits per heavy atom. The molecule has 0 radical (unpaired) electrons. The predicted molar refractivity (Wildman–Crippen MR) is 127 cm³/mol. The molecule has 0 heterocycles. The Morgan fingerprint density at radius 2 is 1.75 bits per heavy atom. The predicted octanol–water partition coefficient (Wildman–Crippen LogP) is 3.28. The van der Waals surface area contributed by atoms with Crippen LogP contribution in [0.15, 0.2) is 35.2 Å². The van der Waals surface area contributed by atoms with Gasteiger partial charge in [-0.15, -0.1) is 0 Å². The van der Waals surface area contributed by atoms with Crippen LogP contribution in [0.25, 0.3) is 0 Å². The Hall–Kier alpha value is -2.18. The van der Waals surface area contributed by atoms with Gasteiger partial charge >= 0.3 is 0 Å². The molecule has 2 bridgehead atoms. The molecule has 12 heteroatoms. The summed E-state index contributed by atoms with van der Waals surface area (Å²) >= 11 is 6.19. The highest BCUT2D eigenvalue weighted by Crippen LogP contribution is 2.55. The molecular formula is C24H26ClF3N2O5S. The van der Waals surface area contributed by atoms with Gasteiger partial charge in [-0.05, 0) is 56.2 Å². The summed E-state index contributed by atoms with van der Waals surface area (Å²) in [4.78, 5) is 12.4. The molecule has 3 atom stereocenters. The first-order chi connectivity index (χ1) is 16.9. The van der Waals surface area contributed by atoms with E-state index in [9.17, 15) is 36.6 Å². The number of carbonyl (C=O) groups is 1. The van der Waals surface area contributed by atoms with Crippen LogP contribution >= 0.6 is 11.6 Å². The van der Waals surface area contributed by atoms with Gasteiger partial charge in [0.05, 0.1) is 27.4 Å². The molecule has 2 aromatic carbocycles. The normalized spacial score (nSPS) is 26.2. The van der Waals surface area contributed by atoms with Crippen molar-refractivity contribution < 1.29 is 36.6 Å². The van der Waals surface area contributed by atoms with Gasteiger partial charge in [-0.1, -0.05) is 11.6 Å². The lowest BCUT2D eigenvalue weighted by atomic mass is 9.53. The number of nitrogens with one attached hydrogen (secondary N) is 2. The third kappa shape index (κ3) is 4.87. The Balaban J connectivity index is 1.51. The number of amides is 1. The molecule has 3 unspecified atom stereocenters. The van der Waals surface area contributed by atoms with Crippen molar-refractivity contribution in [2.75, 3.05) is 18.5 Å². The lowest BCUT2D eigenvalue weighted by Gasteiger charge is -2.58. The molecule has 3 saturated carbocycles. The highest BCUT2D eigenvalue weighted by atomic mass is 35.5. The van der Waals surface area contributed by atoms with Crippen LogP contribution in [0.2, 0.25) is 5.02 Å². The molecule has 7 nitrogen and oxygen atoms in total. The van der Waals surface area contributed by atoms with Crippen LogP contribution in [-0.4, -0.2) is 54.6 Å². The number of halogens is 4. The zero-order valence-corrected chi connectivity index (χ0v) is 20.8. The molecule has 3 fully saturated rings. The number of hydrogen-bond donors (Lipinski definition) is 4. The van der Waals surface area contributed by atoms with Gasteiger partial charge in [0.2, 0.25) is 0 Å². The number of aliphatic hydroxyl groups excluding tert-OH is 1. The van der Waals surface area contributed by atoms with Gasteiger partial charge in [-0.25, -0.2) is 21.6 Å². The van der Waals surface area contributed by atoms with Gasteiger partial charge in [0.1, 0.15) is 0 Å². The van der Waals surface area contributed by atoms with Gasteiger partial charge in [0.25, 0.3) is 5.91 Å². The number of carbonyl (C=O) groups excluding carboxylic acids is 1. The first-order valence-electron chi connectivity index (χ1n) is 11.4. The molecule has 0 aromatic heterocycles. The number of rotatable bonds is 8. The van der Waals surface area contributed by atoms with E-state index in [1.807, 2.05) is 0 Å². The fourth-order valence-corrected chi connectivity index (χ4v) is 7.48. The standard InChI is InChI=1S/C24H26ClF3N2O5S/c1-12(10-31)29-11-24(33)14-5-15(24)7-17(6-14)36(34,35)21-4-13(2-3-18(21)25)23(32)30-16-8-19(26)22(28)20(27)9-16/h2-4,8-9,12,14-15,17,29,31,33H,5-7,10-11H2,1H3,(H,30,32)/t12?,14?,15?,17-,24-. The van der Waals surface area contributed by atoms with Gasteiger partial charge in [0, 0.05) is 36.0 Å². The topological polar surface area (TPSA) is 116 Å². The number of benzene rings is 2. The number of sulfone groups is 1. The van der Waals surface area contributed by atoms with Crippen LogP contribution in [0.5, 0.6) is 0 Å². The van der Waals surface area contributed by atoms with E-state index in [0.717, 1.165) is 6.07 Å². The van der Waals surface area contributed by atoms with Crippen LogP contribution in [0.1, 0.15) is 36.5 Å². The molecule has 3 aliphatic rings. The molecule has 0 aliphatic heterocycles. The molecule has 1 amide bonds. The van der Waals surface area contributed by atoms with Crippen LogP contribution in [0.3, 0.4) is 0 Å². The average molecular weight is 547 g/mol. The number of hydrogen-bond acceptors (Lipinski definition) is 6. The van der Waals surface area contributed by atoms with Crippen molar-refractivity contribution in [1.29, 1.82) is 0 Å². The maximum absolute atomic E-state index is 13.5. The van der Waals surface area contributed by atoms with Crippen molar-refractivity contribution >= 4 is 33.0 Å². The highest BCUT2D eigenvalue weighted by Gasteiger charge is 2.59. The zero-order valence-electron chi connectivity index (χ0n) is 19.3. The Kier molecular flexibility index (Phi) is 7.42. The zero-order chi connectivity index (χ0) is 26.4. The molecule has 196 valence electrons. The van der Waals surface area contributed by atoms with Crippen molar-refractivity contribution in [2.24, 2.45) is 11.8 Å². The quantitative estimate of drug-likeness (QED) is 0.378. The van der Waals surface area contributed by atoms with E-state index in [0.29, 0.717) is 18.6 Å². The van der Waals surface area contributed by atoms with E-state index < -0.39 is 44.0 Å². The van der Waals surface area contributed by atoms with Crippen molar-refractivity contribution in [3.8, 4) is 0 Å². The van der Waals surface area contributed by atoms with Gasteiger partial charge in [0.15, 0.2) is 27.3 Å². The van der Waals surface area contributed by atoms with Crippen LogP contribution < -0.4 is 10.6 Å². The summed E-state index contributed by atoms with van der Waals surface area (Å²) in [5.41, 5.74) is -1.52. The number of aliphatic hydroxyl groups is 2. The van der Waals surface area contributed by atoms with Crippen molar-refractivity contribution in [3.63, 3.8) is 0 Å². The summed E-state index contributed by atoms with van der Waals surface area (Å²) in [5, 5.41) is 24.6. The summed E-state index contributed by atoms with van der Waals surface area (Å²) in [5.74, 6) is -6.00. The summed E-state index contributed by atoms with van der Waals surface area (Å²) in [7, 11) is -3.98. The van der Waals surface area contributed by atoms with E-state index in [1.165, 1.54) is 12.1 Å². The maximum atomic E-state index is 13.5. The van der Waals surface area contributed by atoms with Crippen LogP contribution in [0.4, 0.5) is 18.9 Å². The van der Waals surface area contributed by atoms with Crippen molar-refractivity contribution in [3.05, 3.63) is 58.4 Å². The molecule has 2 aromatic rings. The first kappa shape index (κ1) is 26.9. The first-order valence-corrected chi connectivity index (χ1v) is 13.3. The van der Waals surface area contributed by atoms with Gasteiger partial charge in [-0.2, -0.15) is 0 Å². The second-order valence-corrected chi connectivity index (χ2v) is 12.2. The average Bonchev–Trinajstić information content (AvgIpc) is 2.85. The molecule has 4 N–H and O–H groups in total. The minimum Gasteiger partial charge on any atom is -0.395 e. The highest BCUT2D eigenvalue weighted by molar-refractivity contribution is 7.92. The summed E-state index contributed by atoms with van der Waals surface area (Å²) in [6.07, 6.45) is 1.12. The molecular weight excluding hydrogens is 521 g/mol. The molecule has 5 rings (SSSR count). The lowest BCUT2D eigenvalue weighted by molar-refractivity contribution is -0.173. The largest absolute Gasteiger partial charge is 0.395 e. The van der Waals surface area contributed by atoms with E-state index in [-0.39, 0.29) is 65.0 Å². The smallest absolute Gasteiger partial charge is 0.255 e. The Bertz CT molecular complexity index is 1260. The summed E-state index contributed by atoms with van der Waals surface area (Å²) in [6.45, 7) is 1.94. The van der Waals surface area contributed by atoms with E-state index >= 15 is 0 Å². The van der Waals surface area contributed by atoms with E-state index in [2.05, 4.69) is 10.6 Å². The second-order valence-electron chi connectivity index (χ2n) is 9.58. The van der Waals surface area contributed by atoms with E-state index in [4.69, 9.17) is 11.6 Å². The van der Waals surface area contributed by atoms with Crippen molar-refractivity contribution in [1.82, 2.24) is 5.32 Å². The maximum Gasteiger partial charge on any atom is 0.255 e. The number of fused-ring (bicyclic) bond motifs is 2. The fourth-order valence-electron chi connectivity index (χ4n) is 5.07. The minimum atomic E-state index is -3.98. The third-order valence-electron chi connectivity index (χ3n) is 7.27. The molecule has 0 saturated heterocycles. The number of anilines is 1. The van der Waals surface area contributed by atoms with Crippen molar-refractivity contribution in [2.45, 2.75) is 48.0 Å². The second kappa shape index (κ2) is 9.94. The molecule has 36 heavy (non-hydrogen) atoms. The fraction of sp³-hybridized carbons (Fsp3) is 0.458.